The van der Waals surface area contributed by atoms with Crippen LogP contribution in [0.15, 0.2) is 53.8 Å². The van der Waals surface area contributed by atoms with Crippen LogP contribution in [0.3, 0.4) is 0 Å². The highest BCUT2D eigenvalue weighted by Gasteiger charge is 2.08. The van der Waals surface area contributed by atoms with E-state index in [1.807, 2.05) is 42.6 Å². The molecule has 0 aliphatic carbocycles. The summed E-state index contributed by atoms with van der Waals surface area (Å²) < 4.78 is 11.6. The number of thiazole rings is 1. The molecule has 3 aromatic rings. The summed E-state index contributed by atoms with van der Waals surface area (Å²) in [6.07, 6.45) is 5.63. The van der Waals surface area contributed by atoms with Crippen molar-refractivity contribution in [2.75, 3.05) is 13.7 Å². The van der Waals surface area contributed by atoms with E-state index < -0.39 is 0 Å². The lowest BCUT2D eigenvalue weighted by Gasteiger charge is -2.14. The first-order valence-electron chi connectivity index (χ1n) is 10.4. The number of hydrogen-bond acceptors (Lipinski definition) is 6. The van der Waals surface area contributed by atoms with E-state index in [-0.39, 0.29) is 0 Å². The van der Waals surface area contributed by atoms with E-state index in [4.69, 9.17) is 9.47 Å². The summed E-state index contributed by atoms with van der Waals surface area (Å²) in [6.45, 7) is 6.08. The Morgan fingerprint density at radius 1 is 1.03 bits per heavy atom. The fourth-order valence-electron chi connectivity index (χ4n) is 2.74. The van der Waals surface area contributed by atoms with Crippen molar-refractivity contribution in [1.82, 2.24) is 20.6 Å². The third-order valence-corrected chi connectivity index (χ3v) is 5.53. The van der Waals surface area contributed by atoms with Gasteiger partial charge in [-0.3, -0.25) is 4.99 Å². The van der Waals surface area contributed by atoms with Crippen LogP contribution in [0.25, 0.3) is 0 Å². The second kappa shape index (κ2) is 11.9. The van der Waals surface area contributed by atoms with Crippen LogP contribution in [0.1, 0.15) is 35.7 Å². The van der Waals surface area contributed by atoms with Crippen molar-refractivity contribution in [2.24, 2.45) is 4.99 Å². The number of aromatic nitrogens is 2. The Bertz CT molecular complexity index is 972. The molecule has 8 heteroatoms. The van der Waals surface area contributed by atoms with Gasteiger partial charge in [0.2, 0.25) is 5.88 Å². The normalized spacial score (nSPS) is 11.3. The molecule has 0 radical (unpaired) electrons. The van der Waals surface area contributed by atoms with E-state index >= 15 is 0 Å². The Morgan fingerprint density at radius 2 is 1.81 bits per heavy atom. The van der Waals surface area contributed by atoms with Gasteiger partial charge < -0.3 is 20.1 Å². The summed E-state index contributed by atoms with van der Waals surface area (Å²) in [5, 5.41) is 7.65. The highest BCUT2D eigenvalue weighted by Crippen LogP contribution is 2.25. The molecule has 164 valence electrons. The molecule has 0 amide bonds. The quantitative estimate of drug-likeness (QED) is 0.356. The molecule has 0 aliphatic heterocycles. The van der Waals surface area contributed by atoms with Gasteiger partial charge >= 0.3 is 0 Å². The molecular weight excluding hydrogens is 410 g/mol. The Hall–Kier alpha value is -3.13. The van der Waals surface area contributed by atoms with Crippen molar-refractivity contribution in [3.8, 4) is 17.4 Å². The van der Waals surface area contributed by atoms with Gasteiger partial charge in [-0.25, -0.2) is 9.97 Å². The Morgan fingerprint density at radius 3 is 2.52 bits per heavy atom. The first-order valence-corrected chi connectivity index (χ1v) is 11.3. The average molecular weight is 440 g/mol. The molecule has 1 aromatic carbocycles. The third kappa shape index (κ3) is 6.96. The highest BCUT2D eigenvalue weighted by molar-refractivity contribution is 7.11. The van der Waals surface area contributed by atoms with E-state index in [2.05, 4.69) is 39.4 Å². The Labute approximate surface area is 187 Å². The van der Waals surface area contributed by atoms with Gasteiger partial charge in [-0.2, -0.15) is 0 Å². The Kier molecular flexibility index (Phi) is 8.66. The van der Waals surface area contributed by atoms with Crippen molar-refractivity contribution in [3.63, 3.8) is 0 Å². The largest absolute Gasteiger partial charge is 0.494 e. The Balaban J connectivity index is 1.56. The van der Waals surface area contributed by atoms with Crippen LogP contribution in [0.4, 0.5) is 0 Å². The summed E-state index contributed by atoms with van der Waals surface area (Å²) in [6, 6.07) is 11.4. The molecule has 2 heterocycles. The predicted molar refractivity (Wildman–Crippen MR) is 125 cm³/mol. The molecule has 0 aliphatic rings. The van der Waals surface area contributed by atoms with Crippen LogP contribution in [0, 0.1) is 0 Å². The maximum absolute atomic E-state index is 6.00. The van der Waals surface area contributed by atoms with Gasteiger partial charge in [-0.15, -0.1) is 11.3 Å². The minimum atomic E-state index is 0.526. The lowest BCUT2D eigenvalue weighted by atomic mass is 10.2. The number of hydrogen-bond donors (Lipinski definition) is 2. The molecule has 31 heavy (non-hydrogen) atoms. The van der Waals surface area contributed by atoms with Crippen LogP contribution >= 0.6 is 11.3 Å². The molecule has 3 rings (SSSR count). The van der Waals surface area contributed by atoms with Crippen molar-refractivity contribution in [1.29, 1.82) is 0 Å². The van der Waals surface area contributed by atoms with Crippen molar-refractivity contribution < 1.29 is 9.47 Å². The molecule has 0 bridgehead atoms. The maximum Gasteiger partial charge on any atom is 0.224 e. The van der Waals surface area contributed by atoms with Gasteiger partial charge in [-0.1, -0.05) is 19.9 Å². The zero-order valence-corrected chi connectivity index (χ0v) is 19.0. The predicted octanol–water partition coefficient (Wildman–Crippen LogP) is 4.55. The molecule has 0 spiro atoms. The minimum Gasteiger partial charge on any atom is -0.494 e. The SMILES string of the molecule is CCCOc1ccc(Oc2ncccc2CNC(=NC)NCc2ncc(CC)s2)cc1. The molecular formula is C23H29N5O2S. The van der Waals surface area contributed by atoms with Crippen molar-refractivity contribution in [2.45, 2.75) is 39.8 Å². The highest BCUT2D eigenvalue weighted by atomic mass is 32.1. The molecule has 2 aromatic heterocycles. The van der Waals surface area contributed by atoms with Gasteiger partial charge in [0, 0.05) is 36.4 Å². The lowest BCUT2D eigenvalue weighted by Crippen LogP contribution is -2.36. The zero-order valence-electron chi connectivity index (χ0n) is 18.2. The zero-order chi connectivity index (χ0) is 21.9. The summed E-state index contributed by atoms with van der Waals surface area (Å²) in [5.41, 5.74) is 0.930. The molecule has 0 atom stereocenters. The van der Waals surface area contributed by atoms with Crippen molar-refractivity contribution >= 4 is 17.3 Å². The maximum atomic E-state index is 6.00. The fourth-order valence-corrected chi connectivity index (χ4v) is 3.54. The van der Waals surface area contributed by atoms with Gasteiger partial charge in [0.25, 0.3) is 0 Å². The summed E-state index contributed by atoms with van der Waals surface area (Å²) in [5.74, 6) is 2.79. The number of nitrogens with one attached hydrogen (secondary N) is 2. The van der Waals surface area contributed by atoms with E-state index in [0.717, 1.165) is 29.2 Å². The van der Waals surface area contributed by atoms with Crippen LogP contribution in [0.5, 0.6) is 17.4 Å². The fraction of sp³-hybridized carbons (Fsp3) is 0.348. The smallest absolute Gasteiger partial charge is 0.224 e. The molecule has 0 unspecified atom stereocenters. The van der Waals surface area contributed by atoms with E-state index in [1.165, 1.54) is 4.88 Å². The number of aliphatic imine (C=N–C) groups is 1. The standard InChI is InChI=1S/C23H29N5O2S/c1-4-13-29-18-8-10-19(11-9-18)30-22-17(7-6-12-25-22)14-27-23(24-3)28-16-21-26-15-20(5-2)31-21/h6-12,15H,4-5,13-14,16H2,1-3H3,(H2,24,27,28). The van der Waals surface area contributed by atoms with E-state index in [9.17, 15) is 0 Å². The molecule has 7 nitrogen and oxygen atoms in total. The number of nitrogens with zero attached hydrogens (tertiary/aromatic N) is 3. The summed E-state index contributed by atoms with van der Waals surface area (Å²) in [7, 11) is 1.75. The molecule has 0 saturated heterocycles. The number of rotatable bonds is 10. The number of pyridine rings is 1. The number of ether oxygens (including phenoxy) is 2. The van der Waals surface area contributed by atoms with Gasteiger partial charge in [-0.05, 0) is 43.2 Å². The topological polar surface area (TPSA) is 80.7 Å². The summed E-state index contributed by atoms with van der Waals surface area (Å²) in [4.78, 5) is 14.4. The molecule has 2 N–H and O–H groups in total. The first-order chi connectivity index (χ1) is 15.2. The third-order valence-electron chi connectivity index (χ3n) is 4.39. The van der Waals surface area contributed by atoms with Gasteiger partial charge in [0.05, 0.1) is 13.2 Å². The monoisotopic (exact) mass is 439 g/mol. The van der Waals surface area contributed by atoms with Crippen LogP contribution in [-0.2, 0) is 19.5 Å². The summed E-state index contributed by atoms with van der Waals surface area (Å²) >= 11 is 1.71. The van der Waals surface area contributed by atoms with E-state index in [0.29, 0.717) is 37.3 Å². The number of aryl methyl sites for hydroxylation is 1. The average Bonchev–Trinajstić information content (AvgIpc) is 3.28. The van der Waals surface area contributed by atoms with E-state index in [1.54, 1.807) is 24.6 Å². The van der Waals surface area contributed by atoms with Crippen molar-refractivity contribution in [3.05, 3.63) is 64.2 Å². The second-order valence-electron chi connectivity index (χ2n) is 6.74. The van der Waals surface area contributed by atoms with Crippen LogP contribution < -0.4 is 20.1 Å². The molecule has 0 fully saturated rings. The van der Waals surface area contributed by atoms with Gasteiger partial charge in [0.1, 0.15) is 16.5 Å². The number of benzene rings is 1. The first kappa shape index (κ1) is 22.6. The second-order valence-corrected chi connectivity index (χ2v) is 7.94. The van der Waals surface area contributed by atoms with Crippen LogP contribution in [-0.4, -0.2) is 29.6 Å². The molecule has 0 saturated carbocycles. The van der Waals surface area contributed by atoms with Crippen LogP contribution in [0.2, 0.25) is 0 Å². The minimum absolute atomic E-state index is 0.526. The lowest BCUT2D eigenvalue weighted by molar-refractivity contribution is 0.317. The van der Waals surface area contributed by atoms with Gasteiger partial charge in [0.15, 0.2) is 5.96 Å². The number of guanidine groups is 1.